The lowest BCUT2D eigenvalue weighted by atomic mass is 10.0. The molecule has 2 atom stereocenters. The summed E-state index contributed by atoms with van der Waals surface area (Å²) in [6, 6.07) is 9.50. The molecular formula is C29H51NO4. The second-order valence-electron chi connectivity index (χ2n) is 10.9. The Morgan fingerprint density at radius 1 is 0.882 bits per heavy atom. The van der Waals surface area contributed by atoms with Crippen LogP contribution in [0.5, 0.6) is 0 Å². The zero-order valence-electron chi connectivity index (χ0n) is 22.5. The van der Waals surface area contributed by atoms with E-state index in [0.29, 0.717) is 6.61 Å². The summed E-state index contributed by atoms with van der Waals surface area (Å²) in [6.45, 7) is 10.4. The van der Waals surface area contributed by atoms with Gasteiger partial charge >= 0.3 is 6.09 Å². The molecule has 0 heterocycles. The van der Waals surface area contributed by atoms with Crippen LogP contribution in [0.1, 0.15) is 111 Å². The number of benzene rings is 1. The average Bonchev–Trinajstić information content (AvgIpc) is 2.77. The number of aliphatic hydroxyl groups excluding tert-OH is 1. The Hall–Kier alpha value is -1.59. The van der Waals surface area contributed by atoms with Crippen molar-refractivity contribution in [2.75, 3.05) is 6.61 Å². The molecule has 5 nitrogen and oxygen atoms in total. The third-order valence-electron chi connectivity index (χ3n) is 5.92. The lowest BCUT2D eigenvalue weighted by molar-refractivity contribution is -0.0121. The highest BCUT2D eigenvalue weighted by atomic mass is 16.6. The summed E-state index contributed by atoms with van der Waals surface area (Å²) in [5.74, 6) is 0.824. The molecule has 0 unspecified atom stereocenters. The number of hydrogen-bond donors (Lipinski definition) is 2. The molecule has 0 saturated heterocycles. The van der Waals surface area contributed by atoms with Crippen molar-refractivity contribution in [1.29, 1.82) is 0 Å². The van der Waals surface area contributed by atoms with Gasteiger partial charge in [-0.25, -0.2) is 4.79 Å². The zero-order chi connectivity index (χ0) is 25.2. The van der Waals surface area contributed by atoms with Gasteiger partial charge in [0.25, 0.3) is 0 Å². The molecule has 2 N–H and O–H groups in total. The minimum Gasteiger partial charge on any atom is -0.444 e. The van der Waals surface area contributed by atoms with E-state index in [1.807, 2.05) is 51.1 Å². The summed E-state index contributed by atoms with van der Waals surface area (Å²) >= 11 is 0. The number of carbonyl (C=O) groups excluding carboxylic acids is 1. The van der Waals surface area contributed by atoms with Crippen LogP contribution in [0.2, 0.25) is 0 Å². The van der Waals surface area contributed by atoms with Crippen LogP contribution in [0, 0.1) is 5.92 Å². The third kappa shape index (κ3) is 16.1. The van der Waals surface area contributed by atoms with E-state index in [2.05, 4.69) is 19.2 Å². The normalized spacial score (nSPS) is 13.6. The first-order chi connectivity index (χ1) is 16.2. The third-order valence-corrected chi connectivity index (χ3v) is 5.92. The number of rotatable bonds is 18. The fourth-order valence-corrected chi connectivity index (χ4v) is 4.03. The van der Waals surface area contributed by atoms with Crippen LogP contribution >= 0.6 is 0 Å². The van der Waals surface area contributed by atoms with E-state index in [9.17, 15) is 9.90 Å². The van der Waals surface area contributed by atoms with Gasteiger partial charge in [0.05, 0.1) is 25.4 Å². The number of unbranched alkanes of at least 4 members (excludes halogenated alkanes) is 8. The minimum absolute atomic E-state index is 0.185. The Morgan fingerprint density at radius 2 is 1.41 bits per heavy atom. The molecule has 0 aliphatic heterocycles. The Morgan fingerprint density at radius 3 is 1.91 bits per heavy atom. The molecule has 5 heteroatoms. The summed E-state index contributed by atoms with van der Waals surface area (Å²) in [6.07, 6.45) is 12.8. The number of ether oxygens (including phenoxy) is 2. The first-order valence-corrected chi connectivity index (χ1v) is 13.5. The number of aliphatic hydroxyl groups is 1. The molecular weight excluding hydrogens is 426 g/mol. The van der Waals surface area contributed by atoms with Gasteiger partial charge in [-0.1, -0.05) is 108 Å². The molecule has 196 valence electrons. The van der Waals surface area contributed by atoms with Crippen molar-refractivity contribution in [3.63, 3.8) is 0 Å². The Bertz CT molecular complexity index is 627. The van der Waals surface area contributed by atoms with Gasteiger partial charge in [-0.15, -0.1) is 0 Å². The summed E-state index contributed by atoms with van der Waals surface area (Å²) in [5, 5.41) is 12.8. The van der Waals surface area contributed by atoms with Gasteiger partial charge in [0.2, 0.25) is 0 Å². The topological polar surface area (TPSA) is 67.8 Å². The van der Waals surface area contributed by atoms with Gasteiger partial charge in [-0.2, -0.15) is 0 Å². The van der Waals surface area contributed by atoms with Crippen LogP contribution in [-0.4, -0.2) is 35.6 Å². The van der Waals surface area contributed by atoms with Crippen LogP contribution in [-0.2, 0) is 16.1 Å². The minimum atomic E-state index is -0.584. The van der Waals surface area contributed by atoms with Gasteiger partial charge < -0.3 is 19.9 Å². The van der Waals surface area contributed by atoms with Crippen LogP contribution in [0.4, 0.5) is 4.79 Å². The molecule has 0 aliphatic carbocycles. The number of amides is 1. The van der Waals surface area contributed by atoms with Crippen LogP contribution in [0.15, 0.2) is 30.3 Å². The molecule has 1 aromatic rings. The second kappa shape index (κ2) is 17.8. The van der Waals surface area contributed by atoms with Gasteiger partial charge in [-0.05, 0) is 38.7 Å². The molecule has 0 bridgehead atoms. The zero-order valence-corrected chi connectivity index (χ0v) is 22.5. The molecule has 0 spiro atoms. The quantitative estimate of drug-likeness (QED) is 0.216. The van der Waals surface area contributed by atoms with Crippen LogP contribution < -0.4 is 5.32 Å². The van der Waals surface area contributed by atoms with E-state index in [-0.39, 0.29) is 12.7 Å². The fourth-order valence-electron chi connectivity index (χ4n) is 4.03. The number of alkyl carbamates (subject to hydrolysis) is 1. The maximum Gasteiger partial charge on any atom is 0.408 e. The summed E-state index contributed by atoms with van der Waals surface area (Å²) in [4.78, 5) is 12.3. The van der Waals surface area contributed by atoms with Gasteiger partial charge in [0.1, 0.15) is 5.60 Å². The van der Waals surface area contributed by atoms with E-state index < -0.39 is 17.7 Å². The molecule has 0 saturated carbocycles. The summed E-state index contributed by atoms with van der Waals surface area (Å²) in [5.41, 5.74) is 0.494. The molecule has 0 aliphatic rings. The maximum atomic E-state index is 12.3. The summed E-state index contributed by atoms with van der Waals surface area (Å²) in [7, 11) is 0. The van der Waals surface area contributed by atoms with Crippen molar-refractivity contribution in [3.05, 3.63) is 35.9 Å². The largest absolute Gasteiger partial charge is 0.444 e. The molecule has 34 heavy (non-hydrogen) atoms. The smallest absolute Gasteiger partial charge is 0.408 e. The molecule has 1 amide bonds. The first kappa shape index (κ1) is 30.4. The average molecular weight is 478 g/mol. The molecule has 0 fully saturated rings. The number of hydrogen-bond acceptors (Lipinski definition) is 4. The predicted molar refractivity (Wildman–Crippen MR) is 141 cm³/mol. The van der Waals surface area contributed by atoms with E-state index in [1.54, 1.807) is 0 Å². The monoisotopic (exact) mass is 477 g/mol. The fraction of sp³-hybridized carbons (Fsp3) is 0.759. The van der Waals surface area contributed by atoms with E-state index in [0.717, 1.165) is 30.7 Å². The molecule has 0 aromatic heterocycles. The van der Waals surface area contributed by atoms with Crippen LogP contribution in [0.3, 0.4) is 0 Å². The van der Waals surface area contributed by atoms with Crippen molar-refractivity contribution < 1.29 is 19.4 Å². The lowest BCUT2D eigenvalue weighted by Crippen LogP contribution is -2.48. The van der Waals surface area contributed by atoms with Crippen molar-refractivity contribution in [2.45, 2.75) is 130 Å². The van der Waals surface area contributed by atoms with Gasteiger partial charge in [0, 0.05) is 0 Å². The van der Waals surface area contributed by atoms with E-state index >= 15 is 0 Å². The SMILES string of the molecule is CC(C)CCCCCCCCCCC[C@@H](OCc1ccccc1)[C@H](CO)NC(=O)OC(C)(C)C. The molecule has 0 radical (unpaired) electrons. The first-order valence-electron chi connectivity index (χ1n) is 13.5. The molecule has 1 aromatic carbocycles. The predicted octanol–water partition coefficient (Wildman–Crippen LogP) is 7.40. The van der Waals surface area contributed by atoms with Crippen molar-refractivity contribution in [1.82, 2.24) is 5.32 Å². The second-order valence-corrected chi connectivity index (χ2v) is 10.9. The van der Waals surface area contributed by atoms with E-state index in [4.69, 9.17) is 9.47 Å². The van der Waals surface area contributed by atoms with Crippen LogP contribution in [0.25, 0.3) is 0 Å². The van der Waals surface area contributed by atoms with Crippen molar-refractivity contribution in [3.8, 4) is 0 Å². The Balaban J connectivity index is 2.41. The highest BCUT2D eigenvalue weighted by Crippen LogP contribution is 2.17. The molecule has 1 rings (SSSR count). The number of nitrogens with one attached hydrogen (secondary N) is 1. The Kier molecular flexibility index (Phi) is 15.9. The van der Waals surface area contributed by atoms with E-state index in [1.165, 1.54) is 51.4 Å². The lowest BCUT2D eigenvalue weighted by Gasteiger charge is -2.28. The highest BCUT2D eigenvalue weighted by molar-refractivity contribution is 5.68. The van der Waals surface area contributed by atoms with Crippen molar-refractivity contribution in [2.24, 2.45) is 5.92 Å². The van der Waals surface area contributed by atoms with Gasteiger partial charge in [-0.3, -0.25) is 0 Å². The maximum absolute atomic E-state index is 12.3. The highest BCUT2D eigenvalue weighted by Gasteiger charge is 2.26. The number of carbonyl (C=O) groups is 1. The van der Waals surface area contributed by atoms with Crippen molar-refractivity contribution >= 4 is 6.09 Å². The van der Waals surface area contributed by atoms with Gasteiger partial charge in [0.15, 0.2) is 0 Å². The standard InChI is InChI=1S/C29H51NO4/c1-24(2)18-14-11-9-7-6-8-10-12-17-21-27(33-23-25-19-15-13-16-20-25)26(22-31)30-28(32)34-29(3,4)5/h13,15-16,19-20,24,26-27,31H,6-12,14,17-18,21-23H2,1-5H3,(H,30,32)/t26-,27+/m0/s1. The summed E-state index contributed by atoms with van der Waals surface area (Å²) < 4.78 is 11.6. The Labute approximate surface area is 209 Å².